The van der Waals surface area contributed by atoms with E-state index in [1.54, 1.807) is 0 Å². The second-order valence-corrected chi connectivity index (χ2v) is 8.48. The smallest absolute Gasteiger partial charge is 0.407 e. The van der Waals surface area contributed by atoms with Crippen molar-refractivity contribution in [2.75, 3.05) is 13.7 Å². The number of nitrogens with zero attached hydrogens (tertiary/aromatic N) is 1. The van der Waals surface area contributed by atoms with Crippen molar-refractivity contribution in [3.8, 4) is 0 Å². The van der Waals surface area contributed by atoms with Crippen LogP contribution in [0.1, 0.15) is 79.1 Å². The summed E-state index contributed by atoms with van der Waals surface area (Å²) in [6.07, 6.45) is 7.13. The van der Waals surface area contributed by atoms with Crippen LogP contribution >= 0.6 is 0 Å². The van der Waals surface area contributed by atoms with Crippen LogP contribution in [0.5, 0.6) is 0 Å². The molecule has 3 atom stereocenters. The number of hydrogen-bond donors (Lipinski definition) is 1. The number of amides is 1. The van der Waals surface area contributed by atoms with Gasteiger partial charge in [-0.15, -0.1) is 0 Å². The molecule has 1 N–H and O–H groups in total. The van der Waals surface area contributed by atoms with Crippen molar-refractivity contribution >= 4 is 12.1 Å². The van der Waals surface area contributed by atoms with E-state index in [1.807, 2.05) is 12.0 Å². The molecule has 2 rings (SSSR count). The summed E-state index contributed by atoms with van der Waals surface area (Å²) in [5, 5.41) is 4.87. The van der Waals surface area contributed by atoms with Gasteiger partial charge in [-0.25, -0.2) is 4.79 Å². The highest BCUT2D eigenvalue weighted by Gasteiger charge is 2.54. The molecule has 1 aliphatic heterocycles. The van der Waals surface area contributed by atoms with E-state index in [9.17, 15) is 9.59 Å². The van der Waals surface area contributed by atoms with Crippen LogP contribution in [-0.2, 0) is 19.1 Å². The first-order valence-corrected chi connectivity index (χ1v) is 10.8. The van der Waals surface area contributed by atoms with E-state index >= 15 is 0 Å². The third kappa shape index (κ3) is 5.60. The van der Waals surface area contributed by atoms with Gasteiger partial charge in [0.05, 0.1) is 19.3 Å². The van der Waals surface area contributed by atoms with Crippen molar-refractivity contribution in [2.45, 2.75) is 103 Å². The lowest BCUT2D eigenvalue weighted by Gasteiger charge is -2.39. The lowest BCUT2D eigenvalue weighted by atomic mass is 9.77. The number of carbonyl (C=O) groups is 2. The SMILES string of the molecule is CCCCC(CC(NC(=O)OC)C(C)C)N1OC2(CCC2)CC1C(=O)OCC. The van der Waals surface area contributed by atoms with Crippen LogP contribution in [0.3, 0.4) is 0 Å². The number of carbonyl (C=O) groups excluding carboxylic acids is 2. The minimum Gasteiger partial charge on any atom is -0.465 e. The molecule has 1 aliphatic carbocycles. The van der Waals surface area contributed by atoms with Gasteiger partial charge in [0.1, 0.15) is 6.04 Å². The quantitative estimate of drug-likeness (QED) is 0.564. The zero-order valence-electron chi connectivity index (χ0n) is 18.2. The summed E-state index contributed by atoms with van der Waals surface area (Å²) in [5.41, 5.74) is -0.203. The standard InChI is InChI=1S/C21H38N2O5/c1-6-8-10-16(13-17(15(3)4)22-20(25)26-5)23-18(19(24)27-7-2)14-21(28-23)11-9-12-21/h15-18H,6-14H2,1-5H3,(H,22,25). The molecule has 1 spiro atoms. The molecule has 28 heavy (non-hydrogen) atoms. The predicted octanol–water partition coefficient (Wildman–Crippen LogP) is 3.81. The van der Waals surface area contributed by atoms with Gasteiger partial charge in [-0.1, -0.05) is 33.6 Å². The molecule has 0 bridgehead atoms. The normalized spacial score (nSPS) is 23.3. The Kier molecular flexibility index (Phi) is 8.56. The van der Waals surface area contributed by atoms with Crippen molar-refractivity contribution in [3.63, 3.8) is 0 Å². The van der Waals surface area contributed by atoms with Crippen LogP contribution < -0.4 is 5.32 Å². The average molecular weight is 399 g/mol. The molecule has 162 valence electrons. The van der Waals surface area contributed by atoms with Crippen molar-refractivity contribution < 1.29 is 23.9 Å². The highest BCUT2D eigenvalue weighted by Crippen LogP contribution is 2.47. The van der Waals surface area contributed by atoms with Crippen molar-refractivity contribution in [1.82, 2.24) is 10.4 Å². The van der Waals surface area contributed by atoms with E-state index in [-0.39, 0.29) is 35.6 Å². The van der Waals surface area contributed by atoms with Gasteiger partial charge >= 0.3 is 12.1 Å². The number of nitrogens with one attached hydrogen (secondary N) is 1. The largest absolute Gasteiger partial charge is 0.465 e. The number of hydroxylamine groups is 2. The van der Waals surface area contributed by atoms with E-state index < -0.39 is 6.09 Å². The summed E-state index contributed by atoms with van der Waals surface area (Å²) < 4.78 is 10.2. The van der Waals surface area contributed by atoms with E-state index in [4.69, 9.17) is 14.3 Å². The average Bonchev–Trinajstić information content (AvgIpc) is 3.05. The molecule has 7 nitrogen and oxygen atoms in total. The summed E-state index contributed by atoms with van der Waals surface area (Å²) in [4.78, 5) is 30.9. The summed E-state index contributed by atoms with van der Waals surface area (Å²) in [6.45, 7) is 8.52. The maximum absolute atomic E-state index is 12.7. The molecule has 0 aromatic carbocycles. The maximum atomic E-state index is 12.7. The molecule has 1 amide bonds. The zero-order valence-corrected chi connectivity index (χ0v) is 18.2. The predicted molar refractivity (Wildman–Crippen MR) is 107 cm³/mol. The third-order valence-corrected chi connectivity index (χ3v) is 6.07. The Morgan fingerprint density at radius 3 is 2.50 bits per heavy atom. The number of methoxy groups -OCH3 is 1. The molecule has 1 saturated carbocycles. The fraction of sp³-hybridized carbons (Fsp3) is 0.905. The molecule has 7 heteroatoms. The van der Waals surface area contributed by atoms with Gasteiger partial charge in [0.25, 0.3) is 0 Å². The number of esters is 1. The number of alkyl carbamates (subject to hydrolysis) is 1. The molecule has 0 aromatic rings. The topological polar surface area (TPSA) is 77.1 Å². The van der Waals surface area contributed by atoms with Crippen LogP contribution in [0.15, 0.2) is 0 Å². The number of unbranched alkanes of at least 4 members (excludes halogenated alkanes) is 1. The molecular weight excluding hydrogens is 360 g/mol. The summed E-state index contributed by atoms with van der Waals surface area (Å²) >= 11 is 0. The fourth-order valence-corrected chi connectivity index (χ4v) is 4.18. The highest BCUT2D eigenvalue weighted by atomic mass is 16.7. The van der Waals surface area contributed by atoms with E-state index in [1.165, 1.54) is 7.11 Å². The first-order chi connectivity index (χ1) is 13.4. The Bertz CT molecular complexity index is 521. The Morgan fingerprint density at radius 2 is 2.00 bits per heavy atom. The van der Waals surface area contributed by atoms with E-state index in [0.717, 1.165) is 38.5 Å². The second-order valence-electron chi connectivity index (χ2n) is 8.48. The van der Waals surface area contributed by atoms with Crippen molar-refractivity contribution in [2.24, 2.45) is 5.92 Å². The van der Waals surface area contributed by atoms with Gasteiger partial charge in [-0.3, -0.25) is 9.63 Å². The summed E-state index contributed by atoms with van der Waals surface area (Å²) in [5.74, 6) is 0.0410. The minimum absolute atomic E-state index is 0.0406. The monoisotopic (exact) mass is 398 g/mol. The van der Waals surface area contributed by atoms with Crippen LogP contribution in [0.4, 0.5) is 4.79 Å². The summed E-state index contributed by atoms with van der Waals surface area (Å²) in [6, 6.07) is -0.384. The molecule has 1 saturated heterocycles. The van der Waals surface area contributed by atoms with Crippen LogP contribution in [0.2, 0.25) is 0 Å². The van der Waals surface area contributed by atoms with Crippen LogP contribution in [-0.4, -0.2) is 54.6 Å². The van der Waals surface area contributed by atoms with Gasteiger partial charge in [-0.2, -0.15) is 5.06 Å². The fourth-order valence-electron chi connectivity index (χ4n) is 4.18. The van der Waals surface area contributed by atoms with E-state index in [2.05, 4.69) is 26.1 Å². The van der Waals surface area contributed by atoms with Gasteiger partial charge in [-0.05, 0) is 44.9 Å². The number of rotatable bonds is 10. The Morgan fingerprint density at radius 1 is 1.29 bits per heavy atom. The van der Waals surface area contributed by atoms with Gasteiger partial charge < -0.3 is 14.8 Å². The second kappa shape index (κ2) is 10.4. The van der Waals surface area contributed by atoms with Crippen molar-refractivity contribution in [1.29, 1.82) is 0 Å². The van der Waals surface area contributed by atoms with Gasteiger partial charge in [0, 0.05) is 18.5 Å². The maximum Gasteiger partial charge on any atom is 0.407 e. The lowest BCUT2D eigenvalue weighted by molar-refractivity contribution is -0.251. The van der Waals surface area contributed by atoms with Gasteiger partial charge in [0.15, 0.2) is 0 Å². The van der Waals surface area contributed by atoms with Crippen molar-refractivity contribution in [3.05, 3.63) is 0 Å². The third-order valence-electron chi connectivity index (χ3n) is 6.07. The summed E-state index contributed by atoms with van der Waals surface area (Å²) in [7, 11) is 1.38. The highest BCUT2D eigenvalue weighted by molar-refractivity contribution is 5.76. The molecule has 0 radical (unpaired) electrons. The first-order valence-electron chi connectivity index (χ1n) is 10.8. The Labute approximate surface area is 169 Å². The Balaban J connectivity index is 2.19. The minimum atomic E-state index is -0.423. The lowest BCUT2D eigenvalue weighted by Crippen LogP contribution is -2.49. The molecule has 2 aliphatic rings. The first kappa shape index (κ1) is 22.9. The Hall–Kier alpha value is -1.34. The molecular formula is C21H38N2O5. The zero-order chi connectivity index (χ0) is 20.7. The molecule has 2 fully saturated rings. The molecule has 3 unspecified atom stereocenters. The van der Waals surface area contributed by atoms with Crippen LogP contribution in [0, 0.1) is 5.92 Å². The number of ether oxygens (including phenoxy) is 2. The van der Waals surface area contributed by atoms with E-state index in [0.29, 0.717) is 19.4 Å². The molecule has 1 heterocycles. The van der Waals surface area contributed by atoms with Gasteiger partial charge in [0.2, 0.25) is 0 Å². The van der Waals surface area contributed by atoms with Crippen LogP contribution in [0.25, 0.3) is 0 Å². The number of hydrogen-bond acceptors (Lipinski definition) is 6. The molecule has 0 aromatic heterocycles.